The molecular weight excluding hydrogens is 233 g/mol. The van der Waals surface area contributed by atoms with Crippen LogP contribution in [0.4, 0.5) is 4.39 Å². The van der Waals surface area contributed by atoms with Crippen LogP contribution in [0.5, 0.6) is 5.75 Å². The highest BCUT2D eigenvalue weighted by molar-refractivity contribution is 6.00. The van der Waals surface area contributed by atoms with Crippen molar-refractivity contribution in [3.63, 3.8) is 0 Å². The molecule has 0 saturated carbocycles. The lowest BCUT2D eigenvalue weighted by atomic mass is 9.95. The molecule has 1 atom stereocenters. The zero-order chi connectivity index (χ0) is 13.7. The number of nitrogens with one attached hydrogen (secondary N) is 1. The molecule has 0 heterocycles. The van der Waals surface area contributed by atoms with E-state index >= 15 is 0 Å². The number of hydrogen-bond donors (Lipinski definition) is 1. The summed E-state index contributed by atoms with van der Waals surface area (Å²) >= 11 is 0. The van der Waals surface area contributed by atoms with Gasteiger partial charge in [0.1, 0.15) is 0 Å². The molecule has 1 aromatic rings. The zero-order valence-electron chi connectivity index (χ0n) is 11.3. The summed E-state index contributed by atoms with van der Waals surface area (Å²) in [5, 5.41) is 2.96. The molecule has 0 bridgehead atoms. The second-order valence-electron chi connectivity index (χ2n) is 4.45. The normalized spacial score (nSPS) is 12.6. The van der Waals surface area contributed by atoms with Crippen LogP contribution >= 0.6 is 0 Å². The van der Waals surface area contributed by atoms with Crippen LogP contribution in [0.15, 0.2) is 18.2 Å². The third-order valence-electron chi connectivity index (χ3n) is 2.78. The Bertz CT molecular complexity index is 418. The summed E-state index contributed by atoms with van der Waals surface area (Å²) in [5.41, 5.74) is 0.365. The lowest BCUT2D eigenvalue weighted by Crippen LogP contribution is -2.38. The van der Waals surface area contributed by atoms with Gasteiger partial charge in [-0.25, -0.2) is 4.39 Å². The SMILES string of the molecule is CCOc1ccc(C(=O)C(NC)C(C)C)cc1F. The summed E-state index contributed by atoms with van der Waals surface area (Å²) in [5.74, 6) is -0.271. The van der Waals surface area contributed by atoms with Gasteiger partial charge < -0.3 is 10.1 Å². The summed E-state index contributed by atoms with van der Waals surface area (Å²) in [6, 6.07) is 4.03. The quantitative estimate of drug-likeness (QED) is 0.792. The van der Waals surface area contributed by atoms with Crippen LogP contribution in [-0.4, -0.2) is 25.5 Å². The molecule has 1 aromatic carbocycles. The Balaban J connectivity index is 2.96. The molecule has 0 spiro atoms. The first-order valence-electron chi connectivity index (χ1n) is 6.15. The van der Waals surface area contributed by atoms with E-state index in [-0.39, 0.29) is 23.5 Å². The van der Waals surface area contributed by atoms with Crippen molar-refractivity contribution in [2.75, 3.05) is 13.7 Å². The number of benzene rings is 1. The van der Waals surface area contributed by atoms with Gasteiger partial charge in [-0.15, -0.1) is 0 Å². The average molecular weight is 253 g/mol. The molecule has 3 nitrogen and oxygen atoms in total. The molecule has 100 valence electrons. The third-order valence-corrected chi connectivity index (χ3v) is 2.78. The smallest absolute Gasteiger partial charge is 0.180 e. The Kier molecular flexibility index (Phi) is 5.28. The first-order chi connectivity index (χ1) is 8.51. The molecule has 4 heteroatoms. The van der Waals surface area contributed by atoms with E-state index in [0.717, 1.165) is 0 Å². The number of ether oxygens (including phenoxy) is 1. The Morgan fingerprint density at radius 3 is 2.56 bits per heavy atom. The number of ketones is 1. The highest BCUT2D eigenvalue weighted by atomic mass is 19.1. The van der Waals surface area contributed by atoms with Crippen molar-refractivity contribution in [2.24, 2.45) is 5.92 Å². The summed E-state index contributed by atoms with van der Waals surface area (Å²) in [7, 11) is 1.73. The first kappa shape index (κ1) is 14.6. The number of Topliss-reactive ketones (excluding diaryl/α,β-unsaturated/α-hetero) is 1. The van der Waals surface area contributed by atoms with Crippen LogP contribution in [0.25, 0.3) is 0 Å². The minimum absolute atomic E-state index is 0.102. The van der Waals surface area contributed by atoms with Gasteiger partial charge in [0.05, 0.1) is 12.6 Å². The molecule has 1 rings (SSSR count). The van der Waals surface area contributed by atoms with E-state index in [1.165, 1.54) is 12.1 Å². The van der Waals surface area contributed by atoms with Crippen LogP contribution in [0.1, 0.15) is 31.1 Å². The maximum Gasteiger partial charge on any atom is 0.180 e. The van der Waals surface area contributed by atoms with Crippen molar-refractivity contribution in [1.29, 1.82) is 0 Å². The molecule has 0 aliphatic heterocycles. The topological polar surface area (TPSA) is 38.3 Å². The van der Waals surface area contributed by atoms with Gasteiger partial charge in [0.25, 0.3) is 0 Å². The Morgan fingerprint density at radius 1 is 1.44 bits per heavy atom. The summed E-state index contributed by atoms with van der Waals surface area (Å²) in [4.78, 5) is 12.2. The summed E-state index contributed by atoms with van der Waals surface area (Å²) in [6.07, 6.45) is 0. The van der Waals surface area contributed by atoms with Crippen molar-refractivity contribution >= 4 is 5.78 Å². The van der Waals surface area contributed by atoms with E-state index in [1.54, 1.807) is 20.0 Å². The lowest BCUT2D eigenvalue weighted by Gasteiger charge is -2.19. The molecule has 0 fully saturated rings. The second kappa shape index (κ2) is 6.50. The zero-order valence-corrected chi connectivity index (χ0v) is 11.3. The van der Waals surface area contributed by atoms with E-state index in [4.69, 9.17) is 4.74 Å². The molecule has 18 heavy (non-hydrogen) atoms. The Morgan fingerprint density at radius 2 is 2.11 bits per heavy atom. The van der Waals surface area contributed by atoms with Crippen LogP contribution in [0.3, 0.4) is 0 Å². The number of hydrogen-bond acceptors (Lipinski definition) is 3. The van der Waals surface area contributed by atoms with Crippen molar-refractivity contribution < 1.29 is 13.9 Å². The maximum absolute atomic E-state index is 13.7. The van der Waals surface area contributed by atoms with Gasteiger partial charge in [-0.1, -0.05) is 13.8 Å². The Labute approximate surface area is 107 Å². The molecule has 0 aliphatic rings. The lowest BCUT2D eigenvalue weighted by molar-refractivity contribution is 0.0922. The molecule has 0 radical (unpaired) electrons. The molecular formula is C14H20FNO2. The molecule has 0 aromatic heterocycles. The standard InChI is InChI=1S/C14H20FNO2/c1-5-18-12-7-6-10(8-11(12)15)14(17)13(16-4)9(2)3/h6-9,13,16H,5H2,1-4H3. The monoisotopic (exact) mass is 253 g/mol. The van der Waals surface area contributed by atoms with Crippen LogP contribution < -0.4 is 10.1 Å². The molecule has 1 N–H and O–H groups in total. The second-order valence-corrected chi connectivity index (χ2v) is 4.45. The number of likely N-dealkylation sites (N-methyl/N-ethyl adjacent to an activating group) is 1. The Hall–Kier alpha value is -1.42. The highest BCUT2D eigenvalue weighted by Gasteiger charge is 2.22. The van der Waals surface area contributed by atoms with E-state index in [1.807, 2.05) is 13.8 Å². The molecule has 0 aliphatic carbocycles. The molecule has 0 amide bonds. The van der Waals surface area contributed by atoms with Crippen molar-refractivity contribution in [2.45, 2.75) is 26.8 Å². The van der Waals surface area contributed by atoms with Crippen LogP contribution in [-0.2, 0) is 0 Å². The summed E-state index contributed by atoms with van der Waals surface area (Å²) < 4.78 is 18.8. The van der Waals surface area contributed by atoms with Gasteiger partial charge in [0.2, 0.25) is 0 Å². The number of carbonyl (C=O) groups is 1. The predicted molar refractivity (Wildman–Crippen MR) is 69.6 cm³/mol. The molecule has 0 saturated heterocycles. The number of carbonyl (C=O) groups excluding carboxylic acids is 1. The largest absolute Gasteiger partial charge is 0.491 e. The van der Waals surface area contributed by atoms with Gasteiger partial charge in [-0.05, 0) is 38.1 Å². The van der Waals surface area contributed by atoms with E-state index < -0.39 is 5.82 Å². The van der Waals surface area contributed by atoms with Gasteiger partial charge in [-0.2, -0.15) is 0 Å². The van der Waals surface area contributed by atoms with E-state index in [0.29, 0.717) is 12.2 Å². The average Bonchev–Trinajstić information content (AvgIpc) is 2.32. The van der Waals surface area contributed by atoms with Gasteiger partial charge in [-0.3, -0.25) is 4.79 Å². The van der Waals surface area contributed by atoms with Crippen molar-refractivity contribution in [1.82, 2.24) is 5.32 Å². The van der Waals surface area contributed by atoms with E-state index in [9.17, 15) is 9.18 Å². The fourth-order valence-corrected chi connectivity index (χ4v) is 1.87. The van der Waals surface area contributed by atoms with Crippen LogP contribution in [0.2, 0.25) is 0 Å². The van der Waals surface area contributed by atoms with Crippen molar-refractivity contribution in [3.05, 3.63) is 29.6 Å². The third kappa shape index (κ3) is 3.29. The van der Waals surface area contributed by atoms with Gasteiger partial charge >= 0.3 is 0 Å². The van der Waals surface area contributed by atoms with Crippen molar-refractivity contribution in [3.8, 4) is 5.75 Å². The fourth-order valence-electron chi connectivity index (χ4n) is 1.87. The predicted octanol–water partition coefficient (Wildman–Crippen LogP) is 2.65. The van der Waals surface area contributed by atoms with E-state index in [2.05, 4.69) is 5.32 Å². The minimum atomic E-state index is -0.499. The fraction of sp³-hybridized carbons (Fsp3) is 0.500. The first-order valence-corrected chi connectivity index (χ1v) is 6.15. The molecule has 1 unspecified atom stereocenters. The van der Waals surface area contributed by atoms with Gasteiger partial charge in [0, 0.05) is 5.56 Å². The van der Waals surface area contributed by atoms with Crippen LogP contribution in [0, 0.1) is 11.7 Å². The highest BCUT2D eigenvalue weighted by Crippen LogP contribution is 2.20. The maximum atomic E-state index is 13.7. The van der Waals surface area contributed by atoms with Gasteiger partial charge in [0.15, 0.2) is 17.3 Å². The summed E-state index contributed by atoms with van der Waals surface area (Å²) in [6.45, 7) is 6.08. The minimum Gasteiger partial charge on any atom is -0.491 e. The number of halogens is 1. The number of rotatable bonds is 6.